The second-order valence-corrected chi connectivity index (χ2v) is 8.35. The zero-order valence-electron chi connectivity index (χ0n) is 17.8. The molecule has 6 rings (SSSR count). The average molecular weight is 398 g/mol. The molecule has 0 N–H and O–H groups in total. The summed E-state index contributed by atoms with van der Waals surface area (Å²) in [7, 11) is 0. The van der Waals surface area contributed by atoms with Crippen molar-refractivity contribution in [2.24, 2.45) is 0 Å². The first-order valence-corrected chi connectivity index (χ1v) is 10.8. The van der Waals surface area contributed by atoms with E-state index < -0.39 is 0 Å². The van der Waals surface area contributed by atoms with Gasteiger partial charge in [0, 0.05) is 16.5 Å². The number of nitrogens with zero attached hydrogens (tertiary/aromatic N) is 1. The molecular weight excluding hydrogens is 374 g/mol. The summed E-state index contributed by atoms with van der Waals surface area (Å²) < 4.78 is 2.40. The van der Waals surface area contributed by atoms with Gasteiger partial charge >= 0.3 is 0 Å². The second-order valence-electron chi connectivity index (χ2n) is 8.35. The first-order chi connectivity index (χ1) is 15.2. The van der Waals surface area contributed by atoms with Gasteiger partial charge in [0.1, 0.15) is 0 Å². The minimum Gasteiger partial charge on any atom is -0.309 e. The fraction of sp³-hybridized carbons (Fsp3) is 0.0667. The Morgan fingerprint density at radius 3 is 2.10 bits per heavy atom. The van der Waals surface area contributed by atoms with Crippen LogP contribution in [0.25, 0.3) is 49.4 Å². The van der Waals surface area contributed by atoms with Gasteiger partial charge in [0.05, 0.1) is 11.0 Å². The van der Waals surface area contributed by atoms with Crippen LogP contribution in [0.15, 0.2) is 103 Å². The molecule has 1 heteroatoms. The quantitative estimate of drug-likeness (QED) is 0.277. The maximum absolute atomic E-state index is 2.40. The zero-order valence-corrected chi connectivity index (χ0v) is 17.8. The summed E-state index contributed by atoms with van der Waals surface area (Å²) in [5.74, 6) is 0. The van der Waals surface area contributed by atoms with Gasteiger partial charge in [-0.3, -0.25) is 0 Å². The monoisotopic (exact) mass is 397 g/mol. The van der Waals surface area contributed by atoms with E-state index in [0.29, 0.717) is 0 Å². The minimum absolute atomic E-state index is 1.19. The Kier molecular flexibility index (Phi) is 3.97. The van der Waals surface area contributed by atoms with Gasteiger partial charge in [0.25, 0.3) is 0 Å². The normalized spacial score (nSPS) is 11.5. The lowest BCUT2D eigenvalue weighted by molar-refractivity contribution is 1.18. The molecule has 148 valence electrons. The van der Waals surface area contributed by atoms with Crippen LogP contribution in [-0.2, 0) is 0 Å². The third-order valence-electron chi connectivity index (χ3n) is 6.45. The van der Waals surface area contributed by atoms with E-state index in [0.717, 1.165) is 0 Å². The SMILES string of the molecule is Cc1ccccc1-c1c(C)ccc2cc3c4ccccc4n(-c4ccccc4)c3cc12. The van der Waals surface area contributed by atoms with Gasteiger partial charge < -0.3 is 4.57 Å². The van der Waals surface area contributed by atoms with E-state index in [1.54, 1.807) is 0 Å². The lowest BCUT2D eigenvalue weighted by Crippen LogP contribution is -1.94. The molecule has 6 aromatic rings. The number of aryl methyl sites for hydroxylation is 2. The number of rotatable bonds is 2. The Morgan fingerprint density at radius 1 is 0.516 bits per heavy atom. The molecule has 0 spiro atoms. The van der Waals surface area contributed by atoms with Crippen LogP contribution < -0.4 is 0 Å². The van der Waals surface area contributed by atoms with Crippen molar-refractivity contribution in [3.05, 3.63) is 114 Å². The third kappa shape index (κ3) is 2.70. The van der Waals surface area contributed by atoms with E-state index in [1.165, 1.54) is 60.5 Å². The first kappa shape index (κ1) is 18.0. The number of para-hydroxylation sites is 2. The number of hydrogen-bond donors (Lipinski definition) is 0. The Balaban J connectivity index is 1.80. The van der Waals surface area contributed by atoms with Gasteiger partial charge in [-0.05, 0) is 77.2 Å². The lowest BCUT2D eigenvalue weighted by Gasteiger charge is -2.14. The Morgan fingerprint density at radius 2 is 1.26 bits per heavy atom. The highest BCUT2D eigenvalue weighted by Gasteiger charge is 2.16. The molecule has 0 unspecified atom stereocenters. The summed E-state index contributed by atoms with van der Waals surface area (Å²) >= 11 is 0. The van der Waals surface area contributed by atoms with Gasteiger partial charge in [-0.2, -0.15) is 0 Å². The summed E-state index contributed by atoms with van der Waals surface area (Å²) in [5.41, 5.74) is 8.95. The summed E-state index contributed by atoms with van der Waals surface area (Å²) in [6.45, 7) is 4.42. The molecular formula is C30H23N. The standard InChI is InChI=1S/C30H23N/c1-20-10-6-7-13-24(20)30-21(2)16-17-22-18-27-25-14-8-9-15-28(25)31(29(27)19-26(22)30)23-11-4-3-5-12-23/h3-19H,1-2H3. The maximum Gasteiger partial charge on any atom is 0.0547 e. The van der Waals surface area contributed by atoms with Gasteiger partial charge in [0.15, 0.2) is 0 Å². The minimum atomic E-state index is 1.19. The summed E-state index contributed by atoms with van der Waals surface area (Å²) in [6, 6.07) is 37.4. The van der Waals surface area contributed by atoms with E-state index >= 15 is 0 Å². The van der Waals surface area contributed by atoms with Crippen LogP contribution in [0, 0.1) is 13.8 Å². The summed E-state index contributed by atoms with van der Waals surface area (Å²) in [6.07, 6.45) is 0. The lowest BCUT2D eigenvalue weighted by atomic mass is 9.91. The van der Waals surface area contributed by atoms with E-state index in [1.807, 2.05) is 0 Å². The fourth-order valence-electron chi connectivity index (χ4n) is 4.96. The Hall–Kier alpha value is -3.84. The molecule has 0 aliphatic rings. The second kappa shape index (κ2) is 6.85. The fourth-order valence-corrected chi connectivity index (χ4v) is 4.96. The van der Waals surface area contributed by atoms with E-state index in [9.17, 15) is 0 Å². The van der Waals surface area contributed by atoms with Crippen molar-refractivity contribution in [1.29, 1.82) is 0 Å². The number of fused-ring (bicyclic) bond motifs is 4. The van der Waals surface area contributed by atoms with Crippen LogP contribution >= 0.6 is 0 Å². The highest BCUT2D eigenvalue weighted by Crippen LogP contribution is 2.39. The molecule has 0 amide bonds. The van der Waals surface area contributed by atoms with Crippen LogP contribution in [0.2, 0.25) is 0 Å². The van der Waals surface area contributed by atoms with Crippen molar-refractivity contribution in [1.82, 2.24) is 4.57 Å². The predicted octanol–water partition coefficient (Wildman–Crippen LogP) is 8.22. The number of benzene rings is 5. The molecule has 0 atom stereocenters. The smallest absolute Gasteiger partial charge is 0.0547 e. The zero-order chi connectivity index (χ0) is 20.9. The van der Waals surface area contributed by atoms with Crippen LogP contribution in [-0.4, -0.2) is 4.57 Å². The molecule has 0 aliphatic carbocycles. The Labute approximate surface area is 182 Å². The molecule has 0 saturated carbocycles. The summed E-state index contributed by atoms with van der Waals surface area (Å²) in [4.78, 5) is 0. The van der Waals surface area contributed by atoms with E-state index in [2.05, 4.69) is 122 Å². The molecule has 5 aromatic carbocycles. The van der Waals surface area contributed by atoms with Gasteiger partial charge in [-0.15, -0.1) is 0 Å². The van der Waals surface area contributed by atoms with Gasteiger partial charge in [0.2, 0.25) is 0 Å². The van der Waals surface area contributed by atoms with E-state index in [-0.39, 0.29) is 0 Å². The van der Waals surface area contributed by atoms with Crippen LogP contribution in [0.3, 0.4) is 0 Å². The van der Waals surface area contributed by atoms with Crippen LogP contribution in [0.4, 0.5) is 0 Å². The number of aromatic nitrogens is 1. The van der Waals surface area contributed by atoms with Crippen LogP contribution in [0.1, 0.15) is 11.1 Å². The molecule has 1 heterocycles. The predicted molar refractivity (Wildman–Crippen MR) is 133 cm³/mol. The molecule has 1 nitrogen and oxygen atoms in total. The molecule has 1 aromatic heterocycles. The largest absolute Gasteiger partial charge is 0.309 e. The molecule has 0 saturated heterocycles. The first-order valence-electron chi connectivity index (χ1n) is 10.8. The van der Waals surface area contributed by atoms with Crippen molar-refractivity contribution in [3.63, 3.8) is 0 Å². The molecule has 0 fully saturated rings. The van der Waals surface area contributed by atoms with Crippen LogP contribution in [0.5, 0.6) is 0 Å². The van der Waals surface area contributed by atoms with Gasteiger partial charge in [-0.1, -0.05) is 72.8 Å². The van der Waals surface area contributed by atoms with Crippen molar-refractivity contribution >= 4 is 32.6 Å². The number of hydrogen-bond acceptors (Lipinski definition) is 0. The molecule has 0 aliphatic heterocycles. The van der Waals surface area contributed by atoms with Gasteiger partial charge in [-0.25, -0.2) is 0 Å². The highest BCUT2D eigenvalue weighted by atomic mass is 15.0. The third-order valence-corrected chi connectivity index (χ3v) is 6.45. The topological polar surface area (TPSA) is 4.93 Å². The Bertz CT molecular complexity index is 1590. The van der Waals surface area contributed by atoms with Crippen molar-refractivity contribution in [3.8, 4) is 16.8 Å². The van der Waals surface area contributed by atoms with Crippen molar-refractivity contribution in [2.75, 3.05) is 0 Å². The van der Waals surface area contributed by atoms with E-state index in [4.69, 9.17) is 0 Å². The molecule has 31 heavy (non-hydrogen) atoms. The highest BCUT2D eigenvalue weighted by molar-refractivity contribution is 6.15. The molecule has 0 radical (unpaired) electrons. The maximum atomic E-state index is 2.40. The van der Waals surface area contributed by atoms with Crippen molar-refractivity contribution < 1.29 is 0 Å². The van der Waals surface area contributed by atoms with Crippen molar-refractivity contribution in [2.45, 2.75) is 13.8 Å². The summed E-state index contributed by atoms with van der Waals surface area (Å²) in [5, 5.41) is 5.18. The molecule has 0 bridgehead atoms. The average Bonchev–Trinajstić information content (AvgIpc) is 3.12.